The zero-order chi connectivity index (χ0) is 16.0. The molecule has 0 aliphatic heterocycles. The molecule has 0 aromatic heterocycles. The molecule has 1 unspecified atom stereocenters. The highest BCUT2D eigenvalue weighted by atomic mass is 16.6. The van der Waals surface area contributed by atoms with Crippen LogP contribution in [0.5, 0.6) is 0 Å². The zero-order valence-corrected chi connectivity index (χ0v) is 11.7. The number of nitrogens with one attached hydrogen (secondary N) is 1. The lowest BCUT2D eigenvalue weighted by Gasteiger charge is -2.16. The maximum absolute atomic E-state index is 12.1. The molecule has 0 heterocycles. The molecule has 21 heavy (non-hydrogen) atoms. The second-order valence-corrected chi connectivity index (χ2v) is 4.36. The summed E-state index contributed by atoms with van der Waals surface area (Å²) in [6, 6.07) is 2.80. The van der Waals surface area contributed by atoms with Gasteiger partial charge < -0.3 is 15.2 Å². The molecule has 0 saturated carbocycles. The topological polar surface area (TPSA) is 119 Å². The minimum Gasteiger partial charge on any atom is -0.478 e. The monoisotopic (exact) mass is 296 g/mol. The second-order valence-electron chi connectivity index (χ2n) is 4.36. The maximum Gasteiger partial charge on any atom is 0.335 e. The molecule has 1 amide bonds. The minimum atomic E-state index is -1.34. The first kappa shape index (κ1) is 16.6. The summed E-state index contributed by atoms with van der Waals surface area (Å²) < 4.78 is 4.94. The van der Waals surface area contributed by atoms with Crippen molar-refractivity contribution in [2.24, 2.45) is 0 Å². The third-order valence-electron chi connectivity index (χ3n) is 2.83. The SMILES string of the molecule is CCC(COC)NC(=O)c1cc(C(=O)O)cc([N+](=O)[O-])c1. The van der Waals surface area contributed by atoms with Crippen molar-refractivity contribution in [3.8, 4) is 0 Å². The van der Waals surface area contributed by atoms with Crippen LogP contribution in [0.2, 0.25) is 0 Å². The third kappa shape index (κ3) is 4.53. The maximum atomic E-state index is 12.1. The Morgan fingerprint density at radius 1 is 1.38 bits per heavy atom. The van der Waals surface area contributed by atoms with Gasteiger partial charge in [0.05, 0.1) is 23.1 Å². The summed E-state index contributed by atoms with van der Waals surface area (Å²) >= 11 is 0. The number of hydrogen-bond donors (Lipinski definition) is 2. The van der Waals surface area contributed by atoms with E-state index in [0.29, 0.717) is 13.0 Å². The number of carboxylic acids is 1. The van der Waals surface area contributed by atoms with Crippen molar-refractivity contribution in [2.45, 2.75) is 19.4 Å². The van der Waals surface area contributed by atoms with E-state index in [4.69, 9.17) is 9.84 Å². The number of aromatic carboxylic acids is 1. The number of nitro groups is 1. The first-order valence-electron chi connectivity index (χ1n) is 6.21. The van der Waals surface area contributed by atoms with Gasteiger partial charge in [-0.3, -0.25) is 14.9 Å². The first-order chi connectivity index (χ1) is 9.88. The minimum absolute atomic E-state index is 0.0730. The molecule has 1 aromatic rings. The number of rotatable bonds is 7. The quantitative estimate of drug-likeness (QED) is 0.580. The smallest absolute Gasteiger partial charge is 0.335 e. The molecule has 0 aliphatic carbocycles. The molecule has 0 saturated heterocycles. The molecule has 1 atom stereocenters. The van der Waals surface area contributed by atoms with E-state index in [1.807, 2.05) is 6.92 Å². The number of carbonyl (C=O) groups is 2. The number of non-ortho nitro benzene ring substituents is 1. The van der Waals surface area contributed by atoms with Gasteiger partial charge in [-0.05, 0) is 12.5 Å². The van der Waals surface area contributed by atoms with E-state index in [9.17, 15) is 19.7 Å². The summed E-state index contributed by atoms with van der Waals surface area (Å²) in [6.07, 6.45) is 0.611. The highest BCUT2D eigenvalue weighted by Gasteiger charge is 2.19. The summed E-state index contributed by atoms with van der Waals surface area (Å²) in [5.74, 6) is -1.92. The number of hydrogen-bond acceptors (Lipinski definition) is 5. The summed E-state index contributed by atoms with van der Waals surface area (Å²) in [4.78, 5) is 33.1. The Labute approximate surface area is 120 Å². The van der Waals surface area contributed by atoms with Gasteiger partial charge in [-0.2, -0.15) is 0 Å². The van der Waals surface area contributed by atoms with Crippen molar-refractivity contribution in [3.63, 3.8) is 0 Å². The molecule has 8 nitrogen and oxygen atoms in total. The number of carbonyl (C=O) groups excluding carboxylic acids is 1. The van der Waals surface area contributed by atoms with Crippen molar-refractivity contribution in [3.05, 3.63) is 39.4 Å². The molecule has 114 valence electrons. The van der Waals surface area contributed by atoms with E-state index in [-0.39, 0.29) is 17.2 Å². The van der Waals surface area contributed by atoms with E-state index in [2.05, 4.69) is 5.32 Å². The van der Waals surface area contributed by atoms with E-state index >= 15 is 0 Å². The molecule has 8 heteroatoms. The summed E-state index contributed by atoms with van der Waals surface area (Å²) in [6.45, 7) is 2.14. The number of nitro benzene ring substituents is 1. The van der Waals surface area contributed by atoms with Crippen molar-refractivity contribution in [1.29, 1.82) is 0 Å². The van der Waals surface area contributed by atoms with Gasteiger partial charge in [-0.25, -0.2) is 4.79 Å². The van der Waals surface area contributed by atoms with Crippen molar-refractivity contribution < 1.29 is 24.4 Å². The van der Waals surface area contributed by atoms with Gasteiger partial charge >= 0.3 is 5.97 Å². The normalized spacial score (nSPS) is 11.7. The molecule has 0 spiro atoms. The van der Waals surface area contributed by atoms with Crippen LogP contribution in [-0.4, -0.2) is 41.7 Å². The van der Waals surface area contributed by atoms with E-state index in [0.717, 1.165) is 18.2 Å². The fourth-order valence-corrected chi connectivity index (χ4v) is 1.70. The molecule has 0 aliphatic rings. The van der Waals surface area contributed by atoms with Crippen LogP contribution >= 0.6 is 0 Å². The highest BCUT2D eigenvalue weighted by Crippen LogP contribution is 2.17. The van der Waals surface area contributed by atoms with E-state index in [1.165, 1.54) is 7.11 Å². The average molecular weight is 296 g/mol. The molecular weight excluding hydrogens is 280 g/mol. The molecule has 0 fully saturated rings. The molecule has 1 aromatic carbocycles. The number of amides is 1. The Morgan fingerprint density at radius 3 is 2.48 bits per heavy atom. The second kappa shape index (κ2) is 7.34. The molecular formula is C13H16N2O6. The first-order valence-corrected chi connectivity index (χ1v) is 6.21. The summed E-state index contributed by atoms with van der Waals surface area (Å²) in [5, 5.41) is 22.4. The van der Waals surface area contributed by atoms with Crippen molar-refractivity contribution >= 4 is 17.6 Å². The predicted molar refractivity (Wildman–Crippen MR) is 73.5 cm³/mol. The molecule has 0 radical (unpaired) electrons. The molecule has 0 bridgehead atoms. The van der Waals surface area contributed by atoms with Gasteiger partial charge in [0, 0.05) is 24.8 Å². The zero-order valence-electron chi connectivity index (χ0n) is 11.7. The average Bonchev–Trinajstić information content (AvgIpc) is 2.45. The van der Waals surface area contributed by atoms with E-state index in [1.54, 1.807) is 0 Å². The molecule has 1 rings (SSSR count). The summed E-state index contributed by atoms with van der Waals surface area (Å²) in [7, 11) is 1.49. The van der Waals surface area contributed by atoms with E-state index < -0.39 is 22.5 Å². The standard InChI is InChI=1S/C13H16N2O6/c1-3-10(7-21-2)14-12(16)8-4-9(13(17)18)6-11(5-8)15(19)20/h4-6,10H,3,7H2,1-2H3,(H,14,16)(H,17,18). The highest BCUT2D eigenvalue weighted by molar-refractivity contribution is 5.98. The van der Waals surface area contributed by atoms with Crippen LogP contribution in [0.25, 0.3) is 0 Å². The lowest BCUT2D eigenvalue weighted by atomic mass is 10.1. The van der Waals surface area contributed by atoms with Crippen LogP contribution in [0.1, 0.15) is 34.1 Å². The Hall–Kier alpha value is -2.48. The van der Waals surface area contributed by atoms with Gasteiger partial charge in [0.1, 0.15) is 0 Å². The van der Waals surface area contributed by atoms with Crippen molar-refractivity contribution in [2.75, 3.05) is 13.7 Å². The Bertz CT molecular complexity index is 525. The fourth-order valence-electron chi connectivity index (χ4n) is 1.70. The van der Waals surface area contributed by atoms with Crippen LogP contribution in [0.4, 0.5) is 5.69 Å². The largest absolute Gasteiger partial charge is 0.478 e. The number of ether oxygens (including phenoxy) is 1. The van der Waals surface area contributed by atoms with Gasteiger partial charge in [0.15, 0.2) is 0 Å². The number of benzene rings is 1. The van der Waals surface area contributed by atoms with Crippen LogP contribution < -0.4 is 5.32 Å². The summed E-state index contributed by atoms with van der Waals surface area (Å²) in [5.41, 5.74) is -0.829. The fraction of sp³-hybridized carbons (Fsp3) is 0.385. The van der Waals surface area contributed by atoms with Crippen LogP contribution in [0, 0.1) is 10.1 Å². The van der Waals surface area contributed by atoms with Gasteiger partial charge in [0.2, 0.25) is 0 Å². The molecule has 2 N–H and O–H groups in total. The predicted octanol–water partition coefficient (Wildman–Crippen LogP) is 1.45. The lowest BCUT2D eigenvalue weighted by molar-refractivity contribution is -0.384. The van der Waals surface area contributed by atoms with Crippen LogP contribution in [-0.2, 0) is 4.74 Å². The third-order valence-corrected chi connectivity index (χ3v) is 2.83. The Balaban J connectivity index is 3.07. The van der Waals surface area contributed by atoms with Gasteiger partial charge in [0.25, 0.3) is 11.6 Å². The Morgan fingerprint density at radius 2 is 2.00 bits per heavy atom. The number of nitrogens with zero attached hydrogens (tertiary/aromatic N) is 1. The van der Waals surface area contributed by atoms with Crippen molar-refractivity contribution in [1.82, 2.24) is 5.32 Å². The number of carboxylic acid groups (broad SMARTS) is 1. The van der Waals surface area contributed by atoms with Crippen LogP contribution in [0.15, 0.2) is 18.2 Å². The van der Waals surface area contributed by atoms with Gasteiger partial charge in [-0.15, -0.1) is 0 Å². The number of methoxy groups -OCH3 is 1. The van der Waals surface area contributed by atoms with Gasteiger partial charge in [-0.1, -0.05) is 6.92 Å². The lowest BCUT2D eigenvalue weighted by Crippen LogP contribution is -2.37. The van der Waals surface area contributed by atoms with Crippen LogP contribution in [0.3, 0.4) is 0 Å². The Kier molecular flexibility index (Phi) is 5.79.